The molecular formula is C15H21NO3. The molecule has 19 heavy (non-hydrogen) atoms. The van der Waals surface area contributed by atoms with Gasteiger partial charge in [-0.1, -0.05) is 19.9 Å². The number of hydrogen-bond acceptors (Lipinski definition) is 4. The Morgan fingerprint density at radius 2 is 1.84 bits per heavy atom. The molecular weight excluding hydrogens is 242 g/mol. The van der Waals surface area contributed by atoms with Gasteiger partial charge >= 0.3 is 0 Å². The van der Waals surface area contributed by atoms with Crippen LogP contribution < -0.4 is 4.74 Å². The molecule has 0 atom stereocenters. The number of carbonyl (C=O) groups is 1. The average Bonchev–Trinajstić information content (AvgIpc) is 2.48. The number of aryl methyl sites for hydroxylation is 1. The van der Waals surface area contributed by atoms with Crippen LogP contribution in [-0.2, 0) is 9.53 Å². The SMILES string of the molecule is CC.COC=O.COc1cc(C)cc2cccnc12. The lowest BCUT2D eigenvalue weighted by atomic mass is 10.1. The van der Waals surface area contributed by atoms with E-state index in [-0.39, 0.29) is 0 Å². The predicted molar refractivity (Wildman–Crippen MR) is 77.5 cm³/mol. The van der Waals surface area contributed by atoms with E-state index in [9.17, 15) is 0 Å². The summed E-state index contributed by atoms with van der Waals surface area (Å²) in [4.78, 5) is 13.2. The van der Waals surface area contributed by atoms with Gasteiger partial charge < -0.3 is 9.47 Å². The van der Waals surface area contributed by atoms with E-state index in [1.54, 1.807) is 13.3 Å². The van der Waals surface area contributed by atoms with Crippen molar-refractivity contribution in [2.75, 3.05) is 14.2 Å². The Bertz CT molecular complexity index is 498. The molecule has 0 radical (unpaired) electrons. The minimum atomic E-state index is 0.375. The molecule has 2 rings (SSSR count). The summed E-state index contributed by atoms with van der Waals surface area (Å²) in [6, 6.07) is 8.07. The zero-order valence-electron chi connectivity index (χ0n) is 12.1. The number of nitrogens with zero attached hydrogens (tertiary/aromatic N) is 1. The van der Waals surface area contributed by atoms with Crippen LogP contribution in [0.5, 0.6) is 5.75 Å². The lowest BCUT2D eigenvalue weighted by molar-refractivity contribution is -0.126. The van der Waals surface area contributed by atoms with Gasteiger partial charge in [-0.25, -0.2) is 0 Å². The molecule has 1 aromatic heterocycles. The number of carbonyl (C=O) groups excluding carboxylic acids is 1. The number of aromatic nitrogens is 1. The topological polar surface area (TPSA) is 48.4 Å². The van der Waals surface area contributed by atoms with Gasteiger partial charge in [0.05, 0.1) is 14.2 Å². The Kier molecular flexibility index (Phi) is 8.79. The van der Waals surface area contributed by atoms with Gasteiger partial charge in [0.25, 0.3) is 6.47 Å². The van der Waals surface area contributed by atoms with Gasteiger partial charge in [-0.3, -0.25) is 9.78 Å². The summed E-state index contributed by atoms with van der Waals surface area (Å²) in [6.07, 6.45) is 1.78. The third-order valence-corrected chi connectivity index (χ3v) is 2.13. The van der Waals surface area contributed by atoms with Crippen molar-refractivity contribution in [2.45, 2.75) is 20.8 Å². The second kappa shape index (κ2) is 9.88. The summed E-state index contributed by atoms with van der Waals surface area (Å²) >= 11 is 0. The lowest BCUT2D eigenvalue weighted by Crippen LogP contribution is -1.88. The number of benzene rings is 1. The smallest absolute Gasteiger partial charge is 0.292 e. The quantitative estimate of drug-likeness (QED) is 0.779. The molecule has 2 aromatic rings. The average molecular weight is 263 g/mol. The Balaban J connectivity index is 0.000000467. The van der Waals surface area contributed by atoms with Crippen molar-refractivity contribution in [3.63, 3.8) is 0 Å². The van der Waals surface area contributed by atoms with Gasteiger partial charge in [0.15, 0.2) is 0 Å². The zero-order valence-corrected chi connectivity index (χ0v) is 12.1. The standard InChI is InChI=1S/C11H11NO.C2H4O2.C2H6/c1-8-6-9-4-3-5-12-11(9)10(7-8)13-2;1-4-2-3;1-2/h3-7H,1-2H3;2H,1H3;1-2H3. The van der Waals surface area contributed by atoms with Crippen LogP contribution >= 0.6 is 0 Å². The maximum Gasteiger partial charge on any atom is 0.292 e. The van der Waals surface area contributed by atoms with Crippen LogP contribution in [0.2, 0.25) is 0 Å². The highest BCUT2D eigenvalue weighted by Gasteiger charge is 2.01. The van der Waals surface area contributed by atoms with E-state index in [0.717, 1.165) is 16.7 Å². The zero-order chi connectivity index (χ0) is 14.7. The molecule has 1 heterocycles. The minimum absolute atomic E-state index is 0.375. The van der Waals surface area contributed by atoms with Gasteiger partial charge in [-0.2, -0.15) is 0 Å². The highest BCUT2D eigenvalue weighted by molar-refractivity contribution is 5.85. The van der Waals surface area contributed by atoms with Crippen molar-refractivity contribution in [1.29, 1.82) is 0 Å². The number of methoxy groups -OCH3 is 2. The van der Waals surface area contributed by atoms with Crippen LogP contribution in [0.1, 0.15) is 19.4 Å². The van der Waals surface area contributed by atoms with E-state index in [0.29, 0.717) is 6.47 Å². The maximum absolute atomic E-state index is 8.95. The molecule has 0 amide bonds. The van der Waals surface area contributed by atoms with Gasteiger partial charge in [-0.05, 0) is 30.7 Å². The largest absolute Gasteiger partial charge is 0.494 e. The van der Waals surface area contributed by atoms with Crippen molar-refractivity contribution < 1.29 is 14.3 Å². The Hall–Kier alpha value is -2.10. The lowest BCUT2D eigenvalue weighted by Gasteiger charge is -2.05. The third-order valence-electron chi connectivity index (χ3n) is 2.13. The monoisotopic (exact) mass is 263 g/mol. The van der Waals surface area contributed by atoms with E-state index in [4.69, 9.17) is 9.53 Å². The number of ether oxygens (including phenoxy) is 2. The molecule has 0 aliphatic heterocycles. The summed E-state index contributed by atoms with van der Waals surface area (Å²) in [6.45, 7) is 6.43. The minimum Gasteiger partial charge on any atom is -0.494 e. The fourth-order valence-electron chi connectivity index (χ4n) is 1.46. The molecule has 0 spiro atoms. The summed E-state index contributed by atoms with van der Waals surface area (Å²) in [5, 5.41) is 1.12. The number of rotatable bonds is 2. The molecule has 0 aliphatic rings. The summed E-state index contributed by atoms with van der Waals surface area (Å²) in [7, 11) is 2.98. The van der Waals surface area contributed by atoms with Crippen molar-refractivity contribution in [3.8, 4) is 5.75 Å². The molecule has 0 bridgehead atoms. The number of fused-ring (bicyclic) bond motifs is 1. The second-order valence-electron chi connectivity index (χ2n) is 3.37. The fraction of sp³-hybridized carbons (Fsp3) is 0.333. The summed E-state index contributed by atoms with van der Waals surface area (Å²) in [5.74, 6) is 0.843. The fourth-order valence-corrected chi connectivity index (χ4v) is 1.46. The first kappa shape index (κ1) is 16.9. The Labute approximate surface area is 114 Å². The van der Waals surface area contributed by atoms with Gasteiger partial charge in [0.1, 0.15) is 11.3 Å². The highest BCUT2D eigenvalue weighted by atomic mass is 16.5. The first-order valence-corrected chi connectivity index (χ1v) is 6.08. The van der Waals surface area contributed by atoms with E-state index < -0.39 is 0 Å². The number of pyridine rings is 1. The number of hydrogen-bond donors (Lipinski definition) is 0. The molecule has 4 nitrogen and oxygen atoms in total. The van der Waals surface area contributed by atoms with Crippen molar-refractivity contribution in [1.82, 2.24) is 4.98 Å². The molecule has 0 aliphatic carbocycles. The molecule has 4 heteroatoms. The van der Waals surface area contributed by atoms with Gasteiger partial charge in [0.2, 0.25) is 0 Å². The highest BCUT2D eigenvalue weighted by Crippen LogP contribution is 2.24. The van der Waals surface area contributed by atoms with E-state index in [2.05, 4.69) is 22.7 Å². The predicted octanol–water partition coefficient (Wildman–Crippen LogP) is 3.37. The molecule has 0 saturated carbocycles. The van der Waals surface area contributed by atoms with Crippen molar-refractivity contribution >= 4 is 17.4 Å². The summed E-state index contributed by atoms with van der Waals surface area (Å²) in [5.41, 5.74) is 2.12. The van der Waals surface area contributed by atoms with E-state index in [1.807, 2.05) is 32.0 Å². The van der Waals surface area contributed by atoms with Gasteiger partial charge in [0, 0.05) is 11.6 Å². The van der Waals surface area contributed by atoms with Crippen LogP contribution in [-0.4, -0.2) is 25.7 Å². The van der Waals surface area contributed by atoms with Crippen LogP contribution in [0.15, 0.2) is 30.5 Å². The Morgan fingerprint density at radius 3 is 2.37 bits per heavy atom. The van der Waals surface area contributed by atoms with Crippen molar-refractivity contribution in [3.05, 3.63) is 36.0 Å². The first-order chi connectivity index (χ1) is 9.22. The van der Waals surface area contributed by atoms with Gasteiger partial charge in [-0.15, -0.1) is 0 Å². The van der Waals surface area contributed by atoms with Crippen LogP contribution in [0, 0.1) is 6.92 Å². The van der Waals surface area contributed by atoms with E-state index >= 15 is 0 Å². The Morgan fingerprint density at radius 1 is 1.21 bits per heavy atom. The molecule has 1 aromatic carbocycles. The summed E-state index contributed by atoms with van der Waals surface area (Å²) < 4.78 is 9.11. The molecule has 0 saturated heterocycles. The molecule has 0 unspecified atom stereocenters. The molecule has 0 fully saturated rings. The van der Waals surface area contributed by atoms with Crippen LogP contribution in [0.4, 0.5) is 0 Å². The normalized spacial score (nSPS) is 8.47. The second-order valence-corrected chi connectivity index (χ2v) is 3.37. The van der Waals surface area contributed by atoms with Crippen molar-refractivity contribution in [2.24, 2.45) is 0 Å². The van der Waals surface area contributed by atoms with Crippen LogP contribution in [0.3, 0.4) is 0 Å². The maximum atomic E-state index is 8.95. The molecule has 0 N–H and O–H groups in total. The third kappa shape index (κ3) is 5.38. The van der Waals surface area contributed by atoms with Crippen LogP contribution in [0.25, 0.3) is 10.9 Å². The first-order valence-electron chi connectivity index (χ1n) is 6.08. The van der Waals surface area contributed by atoms with E-state index in [1.165, 1.54) is 12.7 Å². The molecule has 104 valence electrons.